The molecule has 14 heavy (non-hydrogen) atoms. The molecule has 0 atom stereocenters. The largest absolute Gasteiger partial charge is 0.617 e. The standard InChI is InChI=1S/C7H7NO5S/c1-6-4-2-3-5-7(6)13-14(11,12)8(9)10/h2-5H,1H3. The van der Waals surface area contributed by atoms with E-state index in [2.05, 4.69) is 4.18 Å². The van der Waals surface area contributed by atoms with Gasteiger partial charge in [0.25, 0.3) is 0 Å². The van der Waals surface area contributed by atoms with Crippen LogP contribution in [0.25, 0.3) is 0 Å². The van der Waals surface area contributed by atoms with E-state index < -0.39 is 14.6 Å². The van der Waals surface area contributed by atoms with Crippen LogP contribution in [0.3, 0.4) is 0 Å². The number of rotatable bonds is 3. The smallest absolute Gasteiger partial charge is 0.330 e. The molecule has 0 fully saturated rings. The van der Waals surface area contributed by atoms with E-state index in [1.807, 2.05) is 0 Å². The van der Waals surface area contributed by atoms with Gasteiger partial charge in [-0.25, -0.2) is 10.1 Å². The van der Waals surface area contributed by atoms with Gasteiger partial charge in [0.1, 0.15) is 0 Å². The van der Waals surface area contributed by atoms with Gasteiger partial charge in [-0.2, -0.15) is 0 Å². The summed E-state index contributed by atoms with van der Waals surface area (Å²) in [5.41, 5.74) is 0.512. The molecule has 76 valence electrons. The van der Waals surface area contributed by atoms with Gasteiger partial charge in [0.05, 0.1) is 0 Å². The summed E-state index contributed by atoms with van der Waals surface area (Å²) < 4.78 is 24.3. The Labute approximate surface area is 80.5 Å². The molecule has 0 aromatic heterocycles. The molecule has 0 aliphatic rings. The Morgan fingerprint density at radius 1 is 1.36 bits per heavy atom. The Morgan fingerprint density at radius 3 is 2.43 bits per heavy atom. The summed E-state index contributed by atoms with van der Waals surface area (Å²) in [6.07, 6.45) is 0. The van der Waals surface area contributed by atoms with Crippen LogP contribution in [0, 0.1) is 17.0 Å². The van der Waals surface area contributed by atoms with Crippen molar-refractivity contribution in [1.82, 2.24) is 0 Å². The van der Waals surface area contributed by atoms with E-state index in [9.17, 15) is 18.5 Å². The maximum Gasteiger partial charge on any atom is 0.617 e. The van der Waals surface area contributed by atoms with Gasteiger partial charge in [0.2, 0.25) is 0 Å². The average Bonchev–Trinajstić information content (AvgIpc) is 2.08. The fourth-order valence-corrected chi connectivity index (χ4v) is 1.27. The highest BCUT2D eigenvalue weighted by atomic mass is 32.2. The molecule has 0 bridgehead atoms. The zero-order chi connectivity index (χ0) is 10.8. The SMILES string of the molecule is Cc1ccccc1OS(=O)(=O)[N+](=O)[O-]. The van der Waals surface area contributed by atoms with Crippen molar-refractivity contribution >= 4 is 10.3 Å². The van der Waals surface area contributed by atoms with E-state index in [0.29, 0.717) is 5.56 Å². The number of nitrogens with zero attached hydrogens (tertiary/aromatic N) is 1. The van der Waals surface area contributed by atoms with Crippen LogP contribution in [0.1, 0.15) is 5.56 Å². The maximum atomic E-state index is 10.7. The third kappa shape index (κ3) is 2.19. The zero-order valence-corrected chi connectivity index (χ0v) is 8.02. The van der Waals surface area contributed by atoms with Crippen molar-refractivity contribution in [2.75, 3.05) is 0 Å². The number of benzene rings is 1. The van der Waals surface area contributed by atoms with Crippen molar-refractivity contribution in [2.45, 2.75) is 6.92 Å². The summed E-state index contributed by atoms with van der Waals surface area (Å²) in [5, 5.41) is 10.0. The molecule has 0 spiro atoms. The van der Waals surface area contributed by atoms with Crippen LogP contribution in [0.4, 0.5) is 0 Å². The highest BCUT2D eigenvalue weighted by Gasteiger charge is 2.27. The van der Waals surface area contributed by atoms with Gasteiger partial charge in [-0.3, -0.25) is 0 Å². The molecular weight excluding hydrogens is 210 g/mol. The number of aryl methyl sites for hydroxylation is 1. The van der Waals surface area contributed by atoms with E-state index in [1.165, 1.54) is 12.1 Å². The molecule has 1 aromatic carbocycles. The minimum atomic E-state index is -4.75. The molecular formula is C7H7NO5S. The van der Waals surface area contributed by atoms with Crippen LogP contribution in [0.2, 0.25) is 0 Å². The third-order valence-electron chi connectivity index (χ3n) is 1.47. The summed E-state index contributed by atoms with van der Waals surface area (Å²) >= 11 is 0. The molecule has 0 aliphatic heterocycles. The Balaban J connectivity index is 3.02. The summed E-state index contributed by atoms with van der Waals surface area (Å²) in [7, 11) is -4.75. The van der Waals surface area contributed by atoms with Crippen LogP contribution < -0.4 is 4.18 Å². The second-order valence-electron chi connectivity index (χ2n) is 2.50. The molecule has 0 N–H and O–H groups in total. The number of nitro groups is 1. The van der Waals surface area contributed by atoms with Crippen molar-refractivity contribution < 1.29 is 16.9 Å². The predicted molar refractivity (Wildman–Crippen MR) is 47.7 cm³/mol. The first-order valence-corrected chi connectivity index (χ1v) is 4.94. The Morgan fingerprint density at radius 2 is 1.93 bits per heavy atom. The zero-order valence-electron chi connectivity index (χ0n) is 7.21. The van der Waals surface area contributed by atoms with E-state index in [0.717, 1.165) is 0 Å². The number of para-hydroxylation sites is 1. The van der Waals surface area contributed by atoms with Crippen molar-refractivity contribution in [3.8, 4) is 5.75 Å². The van der Waals surface area contributed by atoms with Gasteiger partial charge in [0.15, 0.2) is 10.1 Å². The second kappa shape index (κ2) is 3.62. The van der Waals surface area contributed by atoms with E-state index in [-0.39, 0.29) is 5.75 Å². The first-order chi connectivity index (χ1) is 6.43. The van der Waals surface area contributed by atoms with Gasteiger partial charge in [-0.1, -0.05) is 18.2 Å². The van der Waals surface area contributed by atoms with Gasteiger partial charge in [-0.05, 0) is 18.6 Å². The molecule has 0 saturated heterocycles. The minimum absolute atomic E-state index is 0.0378. The van der Waals surface area contributed by atoms with Gasteiger partial charge in [0, 0.05) is 0 Å². The van der Waals surface area contributed by atoms with Crippen LogP contribution >= 0.6 is 0 Å². The maximum absolute atomic E-state index is 10.7. The fourth-order valence-electron chi connectivity index (χ4n) is 0.794. The molecule has 1 rings (SSSR count). The number of hydrogen-bond donors (Lipinski definition) is 0. The first-order valence-electron chi connectivity index (χ1n) is 3.58. The molecule has 7 heteroatoms. The highest BCUT2D eigenvalue weighted by Crippen LogP contribution is 2.18. The van der Waals surface area contributed by atoms with Crippen molar-refractivity contribution in [1.29, 1.82) is 0 Å². The summed E-state index contributed by atoms with van der Waals surface area (Å²) in [6.45, 7) is 1.59. The minimum Gasteiger partial charge on any atom is -0.330 e. The Kier molecular flexibility index (Phi) is 2.70. The first kappa shape index (κ1) is 10.5. The predicted octanol–water partition coefficient (Wildman–Crippen LogP) is 0.895. The molecule has 1 aromatic rings. The average molecular weight is 217 g/mol. The highest BCUT2D eigenvalue weighted by molar-refractivity contribution is 7.80. The summed E-state index contributed by atoms with van der Waals surface area (Å²) in [5.74, 6) is -0.0378. The van der Waals surface area contributed by atoms with Crippen LogP contribution in [-0.4, -0.2) is 12.7 Å². The monoisotopic (exact) mass is 217 g/mol. The molecule has 0 aliphatic carbocycles. The van der Waals surface area contributed by atoms with Crippen LogP contribution in [-0.2, 0) is 10.3 Å². The van der Waals surface area contributed by atoms with Gasteiger partial charge < -0.3 is 4.18 Å². The number of hydrogen-bond acceptors (Lipinski definition) is 5. The lowest BCUT2D eigenvalue weighted by atomic mass is 10.2. The Hall–Kier alpha value is -1.63. The van der Waals surface area contributed by atoms with Crippen molar-refractivity contribution in [3.05, 3.63) is 39.9 Å². The van der Waals surface area contributed by atoms with Gasteiger partial charge >= 0.3 is 10.3 Å². The third-order valence-corrected chi connectivity index (χ3v) is 2.23. The molecule has 0 amide bonds. The summed E-state index contributed by atoms with van der Waals surface area (Å²) in [6, 6.07) is 6.12. The van der Waals surface area contributed by atoms with E-state index >= 15 is 0 Å². The van der Waals surface area contributed by atoms with Crippen molar-refractivity contribution in [2.24, 2.45) is 0 Å². The van der Waals surface area contributed by atoms with Crippen molar-refractivity contribution in [3.63, 3.8) is 0 Å². The molecule has 0 radical (unpaired) electrons. The molecule has 6 nitrogen and oxygen atoms in total. The fraction of sp³-hybridized carbons (Fsp3) is 0.143. The quantitative estimate of drug-likeness (QED) is 0.554. The molecule has 0 unspecified atom stereocenters. The van der Waals surface area contributed by atoms with E-state index in [4.69, 9.17) is 0 Å². The normalized spacial score (nSPS) is 10.9. The lowest BCUT2D eigenvalue weighted by Gasteiger charge is -2.02. The molecule has 0 heterocycles. The Bertz CT molecular complexity index is 453. The lowest BCUT2D eigenvalue weighted by Crippen LogP contribution is -2.19. The summed E-state index contributed by atoms with van der Waals surface area (Å²) in [4.78, 5) is 10.0. The second-order valence-corrected chi connectivity index (χ2v) is 3.82. The van der Waals surface area contributed by atoms with Crippen LogP contribution in [0.5, 0.6) is 5.75 Å². The van der Waals surface area contributed by atoms with E-state index in [1.54, 1.807) is 19.1 Å². The topological polar surface area (TPSA) is 86.5 Å². The lowest BCUT2D eigenvalue weighted by molar-refractivity contribution is -0.314. The van der Waals surface area contributed by atoms with Crippen LogP contribution in [0.15, 0.2) is 24.3 Å². The molecule has 0 saturated carbocycles. The van der Waals surface area contributed by atoms with Gasteiger partial charge in [-0.15, -0.1) is 8.42 Å².